The number of rotatable bonds is 11. The second kappa shape index (κ2) is 11.8. The summed E-state index contributed by atoms with van der Waals surface area (Å²) in [5, 5.41) is 7.17. The lowest BCUT2D eigenvalue weighted by atomic mass is 10.1. The van der Waals surface area contributed by atoms with Crippen molar-refractivity contribution in [3.8, 4) is 40.0 Å². The van der Waals surface area contributed by atoms with Crippen LogP contribution >= 0.6 is 0 Å². The molecule has 35 heavy (non-hydrogen) atoms. The molecule has 0 aliphatic rings. The molecule has 1 amide bonds. The fourth-order valence-electron chi connectivity index (χ4n) is 3.52. The molecule has 0 aliphatic heterocycles. The van der Waals surface area contributed by atoms with Crippen molar-refractivity contribution in [2.24, 2.45) is 0 Å². The van der Waals surface area contributed by atoms with E-state index in [0.29, 0.717) is 53.0 Å². The number of methoxy groups -OCH3 is 5. The number of benzene rings is 2. The van der Waals surface area contributed by atoms with Gasteiger partial charge < -0.3 is 29.0 Å². The highest BCUT2D eigenvalue weighted by Gasteiger charge is 2.16. The van der Waals surface area contributed by atoms with Gasteiger partial charge in [-0.2, -0.15) is 5.10 Å². The molecule has 0 bridgehead atoms. The molecule has 2 aromatic carbocycles. The summed E-state index contributed by atoms with van der Waals surface area (Å²) < 4.78 is 27.8. The molecule has 0 aliphatic carbocycles. The summed E-state index contributed by atoms with van der Waals surface area (Å²) in [4.78, 5) is 24.8. The number of nitrogens with zero attached hydrogens (tertiary/aromatic N) is 2. The molecular formula is C25H29N3O7. The Morgan fingerprint density at radius 1 is 0.829 bits per heavy atom. The van der Waals surface area contributed by atoms with Crippen molar-refractivity contribution >= 4 is 5.91 Å². The SMILES string of the molecule is COc1ccc(CCNC(=O)Cn2nc(-c3cc(OC)c(OC)c(OC)c3)ccc2=O)cc1OC. The molecule has 1 aromatic heterocycles. The van der Waals surface area contributed by atoms with Crippen LogP contribution in [0, 0.1) is 0 Å². The standard InChI is InChI=1S/C25H29N3O7/c1-31-19-8-6-16(12-20(19)32-2)10-11-26-23(29)15-28-24(30)9-7-18(27-28)17-13-21(33-3)25(35-5)22(14-17)34-4/h6-9,12-14H,10-11,15H2,1-5H3,(H,26,29). The minimum atomic E-state index is -0.392. The molecule has 0 atom stereocenters. The van der Waals surface area contributed by atoms with Gasteiger partial charge in [0.2, 0.25) is 11.7 Å². The molecule has 3 aromatic rings. The van der Waals surface area contributed by atoms with Crippen LogP contribution in [-0.4, -0.2) is 57.8 Å². The van der Waals surface area contributed by atoms with Gasteiger partial charge >= 0.3 is 0 Å². The largest absolute Gasteiger partial charge is 0.493 e. The minimum Gasteiger partial charge on any atom is -0.493 e. The summed E-state index contributed by atoms with van der Waals surface area (Å²) in [5.74, 6) is 2.28. The summed E-state index contributed by atoms with van der Waals surface area (Å²) in [6.45, 7) is 0.165. The van der Waals surface area contributed by atoms with Gasteiger partial charge in [0.25, 0.3) is 5.56 Å². The van der Waals surface area contributed by atoms with Crippen molar-refractivity contribution in [2.75, 3.05) is 42.1 Å². The van der Waals surface area contributed by atoms with Gasteiger partial charge in [0.15, 0.2) is 23.0 Å². The Kier molecular flexibility index (Phi) is 8.55. The van der Waals surface area contributed by atoms with E-state index in [2.05, 4.69) is 10.4 Å². The average molecular weight is 484 g/mol. The first-order chi connectivity index (χ1) is 16.9. The lowest BCUT2D eigenvalue weighted by Crippen LogP contribution is -2.34. The third kappa shape index (κ3) is 6.03. The second-order valence-electron chi connectivity index (χ2n) is 7.42. The Hall–Kier alpha value is -4.21. The first-order valence-corrected chi connectivity index (χ1v) is 10.8. The second-order valence-corrected chi connectivity index (χ2v) is 7.42. The van der Waals surface area contributed by atoms with Gasteiger partial charge in [0, 0.05) is 18.2 Å². The lowest BCUT2D eigenvalue weighted by molar-refractivity contribution is -0.121. The van der Waals surface area contributed by atoms with Crippen molar-refractivity contribution in [3.63, 3.8) is 0 Å². The van der Waals surface area contributed by atoms with Crippen LogP contribution in [0.15, 0.2) is 47.3 Å². The van der Waals surface area contributed by atoms with Gasteiger partial charge in [0.1, 0.15) is 6.54 Å². The molecule has 0 spiro atoms. The van der Waals surface area contributed by atoms with Gasteiger partial charge in [-0.25, -0.2) is 4.68 Å². The molecule has 0 saturated heterocycles. The molecule has 3 rings (SSSR count). The minimum absolute atomic E-state index is 0.219. The topological polar surface area (TPSA) is 110 Å². The van der Waals surface area contributed by atoms with Crippen LogP contribution in [0.3, 0.4) is 0 Å². The molecular weight excluding hydrogens is 454 g/mol. The van der Waals surface area contributed by atoms with E-state index in [1.165, 1.54) is 27.4 Å². The third-order valence-electron chi connectivity index (χ3n) is 5.30. The summed E-state index contributed by atoms with van der Waals surface area (Å²) in [6.07, 6.45) is 0.583. The summed E-state index contributed by atoms with van der Waals surface area (Å²) >= 11 is 0. The number of amides is 1. The van der Waals surface area contributed by atoms with Gasteiger partial charge in [-0.15, -0.1) is 0 Å². The Bertz CT molecular complexity index is 1210. The quantitative estimate of drug-likeness (QED) is 0.443. The average Bonchev–Trinajstić information content (AvgIpc) is 2.88. The lowest BCUT2D eigenvalue weighted by Gasteiger charge is -2.14. The zero-order valence-electron chi connectivity index (χ0n) is 20.4. The van der Waals surface area contributed by atoms with Crippen molar-refractivity contribution in [2.45, 2.75) is 13.0 Å². The predicted octanol–water partition coefficient (Wildman–Crippen LogP) is 2.31. The van der Waals surface area contributed by atoms with Crippen LogP contribution in [0.5, 0.6) is 28.7 Å². The number of carbonyl (C=O) groups is 1. The van der Waals surface area contributed by atoms with Crippen LogP contribution in [0.1, 0.15) is 5.56 Å². The number of carbonyl (C=O) groups excluding carboxylic acids is 1. The predicted molar refractivity (Wildman–Crippen MR) is 130 cm³/mol. The van der Waals surface area contributed by atoms with Crippen LogP contribution in [0.25, 0.3) is 11.3 Å². The zero-order valence-corrected chi connectivity index (χ0v) is 20.4. The number of ether oxygens (including phenoxy) is 5. The van der Waals surface area contributed by atoms with Crippen molar-refractivity contribution in [1.29, 1.82) is 0 Å². The molecule has 0 radical (unpaired) electrons. The van der Waals surface area contributed by atoms with Gasteiger partial charge in [-0.05, 0) is 42.3 Å². The number of nitrogens with one attached hydrogen (secondary N) is 1. The number of hydrogen-bond donors (Lipinski definition) is 1. The van der Waals surface area contributed by atoms with Crippen molar-refractivity contribution in [1.82, 2.24) is 15.1 Å². The Morgan fingerprint density at radius 2 is 1.49 bits per heavy atom. The van der Waals surface area contributed by atoms with E-state index in [9.17, 15) is 9.59 Å². The molecule has 186 valence electrons. The maximum Gasteiger partial charge on any atom is 0.267 e. The highest BCUT2D eigenvalue weighted by molar-refractivity contribution is 5.75. The van der Waals surface area contributed by atoms with Crippen LogP contribution < -0.4 is 34.6 Å². The van der Waals surface area contributed by atoms with Crippen molar-refractivity contribution < 1.29 is 28.5 Å². The molecule has 1 heterocycles. The molecule has 0 fully saturated rings. The van der Waals surface area contributed by atoms with E-state index < -0.39 is 5.56 Å². The van der Waals surface area contributed by atoms with Crippen LogP contribution in [-0.2, 0) is 17.8 Å². The smallest absolute Gasteiger partial charge is 0.267 e. The van der Waals surface area contributed by atoms with Crippen molar-refractivity contribution in [3.05, 3.63) is 58.4 Å². The fraction of sp³-hybridized carbons (Fsp3) is 0.320. The Labute approximate surface area is 203 Å². The summed E-state index contributed by atoms with van der Waals surface area (Å²) in [6, 6.07) is 12.0. The summed E-state index contributed by atoms with van der Waals surface area (Å²) in [7, 11) is 7.69. The van der Waals surface area contributed by atoms with Crippen LogP contribution in [0.4, 0.5) is 0 Å². The first kappa shape index (κ1) is 25.4. The van der Waals surface area contributed by atoms with Gasteiger partial charge in [0.05, 0.1) is 41.2 Å². The molecule has 10 heteroatoms. The van der Waals surface area contributed by atoms with E-state index in [1.54, 1.807) is 32.4 Å². The number of hydrogen-bond acceptors (Lipinski definition) is 8. The van der Waals surface area contributed by atoms with E-state index in [0.717, 1.165) is 10.2 Å². The van der Waals surface area contributed by atoms with E-state index in [-0.39, 0.29) is 12.5 Å². The first-order valence-electron chi connectivity index (χ1n) is 10.8. The van der Waals surface area contributed by atoms with E-state index in [1.807, 2.05) is 18.2 Å². The Morgan fingerprint density at radius 3 is 2.09 bits per heavy atom. The molecule has 0 unspecified atom stereocenters. The zero-order chi connectivity index (χ0) is 25.4. The van der Waals surface area contributed by atoms with Gasteiger partial charge in [-0.1, -0.05) is 6.07 Å². The van der Waals surface area contributed by atoms with E-state index in [4.69, 9.17) is 23.7 Å². The highest BCUT2D eigenvalue weighted by atomic mass is 16.5. The molecule has 1 N–H and O–H groups in total. The van der Waals surface area contributed by atoms with Gasteiger partial charge in [-0.3, -0.25) is 9.59 Å². The Balaban J connectivity index is 1.71. The highest BCUT2D eigenvalue weighted by Crippen LogP contribution is 2.40. The maximum absolute atomic E-state index is 12.5. The maximum atomic E-state index is 12.5. The summed E-state index contributed by atoms with van der Waals surface area (Å²) in [5.41, 5.74) is 1.70. The van der Waals surface area contributed by atoms with Crippen LogP contribution in [0.2, 0.25) is 0 Å². The normalized spacial score (nSPS) is 10.4. The third-order valence-corrected chi connectivity index (χ3v) is 5.30. The molecule has 0 saturated carbocycles. The number of aromatic nitrogens is 2. The molecule has 10 nitrogen and oxygen atoms in total. The fourth-order valence-corrected chi connectivity index (χ4v) is 3.52. The monoisotopic (exact) mass is 483 g/mol. The van der Waals surface area contributed by atoms with E-state index >= 15 is 0 Å².